The van der Waals surface area contributed by atoms with Crippen molar-refractivity contribution in [3.8, 4) is 0 Å². The molecular formula is C19H24O. The molecule has 0 unspecified atom stereocenters. The largest absolute Gasteiger partial charge is 0.303 e. The number of aldehydes is 1. The zero-order chi connectivity index (χ0) is 14.0. The van der Waals surface area contributed by atoms with E-state index in [2.05, 4.69) is 36.1 Å². The van der Waals surface area contributed by atoms with Gasteiger partial charge >= 0.3 is 0 Å². The monoisotopic (exact) mass is 268 g/mol. The SMILES string of the molecule is O=CCC(=C=C1CCCCC1)CCCc1ccccc1. The van der Waals surface area contributed by atoms with E-state index in [0.29, 0.717) is 6.42 Å². The predicted octanol–water partition coefficient (Wildman–Crippen LogP) is 5.01. The van der Waals surface area contributed by atoms with E-state index < -0.39 is 0 Å². The van der Waals surface area contributed by atoms with Gasteiger partial charge in [0.1, 0.15) is 6.29 Å². The lowest BCUT2D eigenvalue weighted by molar-refractivity contribution is -0.107. The van der Waals surface area contributed by atoms with Crippen molar-refractivity contribution in [2.24, 2.45) is 0 Å². The van der Waals surface area contributed by atoms with Gasteiger partial charge in [-0.3, -0.25) is 0 Å². The Morgan fingerprint density at radius 2 is 1.85 bits per heavy atom. The first-order valence-corrected chi connectivity index (χ1v) is 7.82. The van der Waals surface area contributed by atoms with Crippen LogP contribution in [0.1, 0.15) is 56.9 Å². The van der Waals surface area contributed by atoms with Gasteiger partial charge in [0.15, 0.2) is 0 Å². The van der Waals surface area contributed by atoms with Crippen LogP contribution in [0.15, 0.2) is 47.2 Å². The van der Waals surface area contributed by atoms with E-state index in [1.165, 1.54) is 48.8 Å². The Balaban J connectivity index is 1.92. The highest BCUT2D eigenvalue weighted by atomic mass is 16.1. The van der Waals surface area contributed by atoms with Crippen molar-refractivity contribution in [3.63, 3.8) is 0 Å². The minimum Gasteiger partial charge on any atom is -0.303 e. The summed E-state index contributed by atoms with van der Waals surface area (Å²) in [6, 6.07) is 10.6. The number of allylic oxidation sites excluding steroid dienone is 1. The number of hydrogen-bond donors (Lipinski definition) is 0. The quantitative estimate of drug-likeness (QED) is 0.523. The summed E-state index contributed by atoms with van der Waals surface area (Å²) in [6.07, 6.45) is 11.1. The van der Waals surface area contributed by atoms with Gasteiger partial charge in [-0.15, -0.1) is 5.73 Å². The van der Waals surface area contributed by atoms with Crippen LogP contribution in [0.3, 0.4) is 0 Å². The molecule has 0 saturated heterocycles. The van der Waals surface area contributed by atoms with Crippen LogP contribution in [0.25, 0.3) is 0 Å². The summed E-state index contributed by atoms with van der Waals surface area (Å²) in [5.41, 5.74) is 7.56. The maximum Gasteiger partial charge on any atom is 0.124 e. The van der Waals surface area contributed by atoms with Gasteiger partial charge in [-0.2, -0.15) is 0 Å². The fraction of sp³-hybridized carbons (Fsp3) is 0.474. The zero-order valence-electron chi connectivity index (χ0n) is 12.2. The van der Waals surface area contributed by atoms with Crippen molar-refractivity contribution >= 4 is 6.29 Å². The second-order valence-electron chi connectivity index (χ2n) is 5.60. The Kier molecular flexibility index (Phi) is 6.34. The van der Waals surface area contributed by atoms with Crippen molar-refractivity contribution in [2.45, 2.75) is 57.8 Å². The Morgan fingerprint density at radius 3 is 2.55 bits per heavy atom. The molecule has 1 aliphatic rings. The lowest BCUT2D eigenvalue weighted by atomic mass is 9.94. The highest BCUT2D eigenvalue weighted by Gasteiger charge is 2.05. The molecule has 1 fully saturated rings. The lowest BCUT2D eigenvalue weighted by Gasteiger charge is -2.11. The molecular weight excluding hydrogens is 244 g/mol. The predicted molar refractivity (Wildman–Crippen MR) is 83.7 cm³/mol. The van der Waals surface area contributed by atoms with Crippen molar-refractivity contribution in [3.05, 3.63) is 52.8 Å². The molecule has 0 radical (unpaired) electrons. The highest BCUT2D eigenvalue weighted by molar-refractivity contribution is 5.54. The third-order valence-corrected chi connectivity index (χ3v) is 3.93. The molecule has 0 spiro atoms. The van der Waals surface area contributed by atoms with Crippen LogP contribution < -0.4 is 0 Å². The fourth-order valence-corrected chi connectivity index (χ4v) is 2.82. The Morgan fingerprint density at radius 1 is 1.10 bits per heavy atom. The molecule has 0 aromatic heterocycles. The molecule has 20 heavy (non-hydrogen) atoms. The summed E-state index contributed by atoms with van der Waals surface area (Å²) >= 11 is 0. The molecule has 0 atom stereocenters. The fourth-order valence-electron chi connectivity index (χ4n) is 2.82. The van der Waals surface area contributed by atoms with Crippen LogP contribution in [0.4, 0.5) is 0 Å². The Labute approximate surface area is 122 Å². The summed E-state index contributed by atoms with van der Waals surface area (Å²) in [5.74, 6) is 0. The van der Waals surface area contributed by atoms with E-state index in [-0.39, 0.29) is 0 Å². The molecule has 1 heteroatoms. The lowest BCUT2D eigenvalue weighted by Crippen LogP contribution is -1.94. The molecule has 0 aliphatic heterocycles. The smallest absolute Gasteiger partial charge is 0.124 e. The third-order valence-electron chi connectivity index (χ3n) is 3.93. The Hall–Kier alpha value is -1.59. The Bertz CT molecular complexity index is 470. The number of benzene rings is 1. The van der Waals surface area contributed by atoms with E-state index in [1.54, 1.807) is 0 Å². The van der Waals surface area contributed by atoms with Gasteiger partial charge in [-0.1, -0.05) is 36.8 Å². The molecule has 0 N–H and O–H groups in total. The first-order chi connectivity index (χ1) is 9.88. The van der Waals surface area contributed by atoms with Crippen LogP contribution in [-0.4, -0.2) is 6.29 Å². The number of rotatable bonds is 6. The van der Waals surface area contributed by atoms with Gasteiger partial charge in [0.25, 0.3) is 0 Å². The first kappa shape index (κ1) is 14.8. The maximum atomic E-state index is 10.8. The van der Waals surface area contributed by atoms with Crippen LogP contribution in [0.5, 0.6) is 0 Å². The first-order valence-electron chi connectivity index (χ1n) is 7.82. The maximum absolute atomic E-state index is 10.8. The number of carbonyl (C=O) groups excluding carboxylic acids is 1. The topological polar surface area (TPSA) is 17.1 Å². The molecule has 1 aromatic carbocycles. The van der Waals surface area contributed by atoms with Gasteiger partial charge < -0.3 is 4.79 Å². The normalized spacial score (nSPS) is 14.7. The summed E-state index contributed by atoms with van der Waals surface area (Å²) in [4.78, 5) is 10.8. The molecule has 106 valence electrons. The summed E-state index contributed by atoms with van der Waals surface area (Å²) in [6.45, 7) is 0. The van der Waals surface area contributed by atoms with Crippen molar-refractivity contribution in [1.29, 1.82) is 0 Å². The van der Waals surface area contributed by atoms with Crippen LogP contribution in [-0.2, 0) is 11.2 Å². The number of carbonyl (C=O) groups is 1. The van der Waals surface area contributed by atoms with E-state index in [4.69, 9.17) is 0 Å². The molecule has 0 bridgehead atoms. The molecule has 1 aromatic rings. The standard InChI is InChI=1S/C19H24O/c20-15-14-19(16-18-10-5-2-6-11-18)13-7-12-17-8-3-1-4-9-17/h1,3-4,8-9,15H,2,5-7,10-14H2. The van der Waals surface area contributed by atoms with E-state index in [9.17, 15) is 4.79 Å². The molecule has 1 nitrogen and oxygen atoms in total. The van der Waals surface area contributed by atoms with Crippen molar-refractivity contribution in [2.75, 3.05) is 0 Å². The van der Waals surface area contributed by atoms with Gasteiger partial charge in [-0.05, 0) is 61.7 Å². The summed E-state index contributed by atoms with van der Waals surface area (Å²) in [7, 11) is 0. The van der Waals surface area contributed by atoms with Gasteiger partial charge in [-0.25, -0.2) is 0 Å². The number of aryl methyl sites for hydroxylation is 1. The van der Waals surface area contributed by atoms with Crippen LogP contribution in [0.2, 0.25) is 0 Å². The highest BCUT2D eigenvalue weighted by Crippen LogP contribution is 2.23. The second-order valence-corrected chi connectivity index (χ2v) is 5.60. The molecule has 1 saturated carbocycles. The summed E-state index contributed by atoms with van der Waals surface area (Å²) in [5, 5.41) is 0. The van der Waals surface area contributed by atoms with Gasteiger partial charge in [0, 0.05) is 6.42 Å². The van der Waals surface area contributed by atoms with E-state index in [1.807, 2.05) is 0 Å². The molecule has 2 rings (SSSR count). The third kappa shape index (κ3) is 5.19. The van der Waals surface area contributed by atoms with Crippen molar-refractivity contribution < 1.29 is 4.79 Å². The van der Waals surface area contributed by atoms with Crippen LogP contribution in [0, 0.1) is 0 Å². The minimum absolute atomic E-state index is 0.554. The van der Waals surface area contributed by atoms with E-state index in [0.717, 1.165) is 25.5 Å². The minimum atomic E-state index is 0.554. The van der Waals surface area contributed by atoms with E-state index >= 15 is 0 Å². The zero-order valence-corrected chi connectivity index (χ0v) is 12.2. The van der Waals surface area contributed by atoms with Gasteiger partial charge in [0.2, 0.25) is 0 Å². The average molecular weight is 268 g/mol. The van der Waals surface area contributed by atoms with Crippen molar-refractivity contribution in [1.82, 2.24) is 0 Å². The average Bonchev–Trinajstić information content (AvgIpc) is 2.49. The van der Waals surface area contributed by atoms with Gasteiger partial charge in [0.05, 0.1) is 0 Å². The molecule has 1 aliphatic carbocycles. The molecule has 0 heterocycles. The second kappa shape index (κ2) is 8.55. The summed E-state index contributed by atoms with van der Waals surface area (Å²) < 4.78 is 0. The molecule has 0 amide bonds. The number of hydrogen-bond acceptors (Lipinski definition) is 1. The van der Waals surface area contributed by atoms with Crippen LogP contribution >= 0.6 is 0 Å².